The zero-order valence-electron chi connectivity index (χ0n) is 23.8. The monoisotopic (exact) mass is 701 g/mol. The standard InChI is InChI=1S/C30H26BrF6N3O5/c1-17-9-19(11-20(10-17)29(32,33)34)18-3-5-25(38-2)23(12-18)28(43)40-8-7-39(14-21(40)15-41)27(42)16-44-26-6-4-22(13-24(26)31)45-30(35,36)37/h3-6,9-13,15,21,38H,7-8,14,16H2,1-2H3. The Morgan fingerprint density at radius 1 is 1.00 bits per heavy atom. The minimum Gasteiger partial charge on any atom is -0.483 e. The lowest BCUT2D eigenvalue weighted by Gasteiger charge is -2.39. The molecule has 0 aliphatic carbocycles. The summed E-state index contributed by atoms with van der Waals surface area (Å²) in [5.74, 6) is -1.50. The van der Waals surface area contributed by atoms with E-state index in [1.54, 1.807) is 25.2 Å². The molecule has 0 spiro atoms. The summed E-state index contributed by atoms with van der Waals surface area (Å²) in [7, 11) is 1.57. The van der Waals surface area contributed by atoms with Crippen LogP contribution in [-0.2, 0) is 15.8 Å². The third kappa shape index (κ3) is 8.26. The summed E-state index contributed by atoms with van der Waals surface area (Å²) in [6.45, 7) is 0.893. The number of rotatable bonds is 8. The lowest BCUT2D eigenvalue weighted by atomic mass is 9.97. The van der Waals surface area contributed by atoms with Crippen LogP contribution in [-0.4, -0.2) is 73.6 Å². The van der Waals surface area contributed by atoms with Crippen LogP contribution in [0.3, 0.4) is 0 Å². The SMILES string of the molecule is CNc1ccc(-c2cc(C)cc(C(F)(F)F)c2)cc1C(=O)N1CCN(C(=O)COc2ccc(OC(F)(F)F)cc2Br)CC1C=O. The third-order valence-corrected chi connectivity index (χ3v) is 7.55. The number of aryl methyl sites for hydroxylation is 1. The Balaban J connectivity index is 1.47. The summed E-state index contributed by atoms with van der Waals surface area (Å²) in [5, 5.41) is 2.89. The van der Waals surface area contributed by atoms with Gasteiger partial charge in [-0.2, -0.15) is 13.2 Å². The first-order valence-corrected chi connectivity index (χ1v) is 14.1. The number of amides is 2. The Kier molecular flexibility index (Phi) is 10.00. The zero-order chi connectivity index (χ0) is 33.1. The Hall–Kier alpha value is -4.27. The Bertz CT molecular complexity index is 1600. The number of benzene rings is 3. The van der Waals surface area contributed by atoms with E-state index in [0.717, 1.165) is 24.3 Å². The van der Waals surface area contributed by atoms with Gasteiger partial charge >= 0.3 is 12.5 Å². The highest BCUT2D eigenvalue weighted by Gasteiger charge is 2.35. The quantitative estimate of drug-likeness (QED) is 0.219. The molecule has 1 N–H and O–H groups in total. The van der Waals surface area contributed by atoms with Crippen LogP contribution in [0.25, 0.3) is 11.1 Å². The number of alkyl halides is 6. The van der Waals surface area contributed by atoms with E-state index in [1.807, 2.05) is 0 Å². The maximum absolute atomic E-state index is 13.7. The van der Waals surface area contributed by atoms with E-state index in [0.29, 0.717) is 23.1 Å². The predicted molar refractivity (Wildman–Crippen MR) is 155 cm³/mol. The van der Waals surface area contributed by atoms with Gasteiger partial charge in [0.15, 0.2) is 6.61 Å². The summed E-state index contributed by atoms with van der Waals surface area (Å²) in [5.41, 5.74) is 0.702. The molecule has 1 saturated heterocycles. The number of aldehydes is 1. The minimum absolute atomic E-state index is 0.0306. The summed E-state index contributed by atoms with van der Waals surface area (Å²) in [4.78, 5) is 41.2. The maximum atomic E-state index is 13.7. The lowest BCUT2D eigenvalue weighted by molar-refractivity contribution is -0.274. The van der Waals surface area contributed by atoms with E-state index in [1.165, 1.54) is 28.9 Å². The first kappa shape index (κ1) is 33.6. The lowest BCUT2D eigenvalue weighted by Crippen LogP contribution is -2.58. The second kappa shape index (κ2) is 13.4. The average molecular weight is 702 g/mol. The van der Waals surface area contributed by atoms with Gasteiger partial charge in [0.05, 0.1) is 15.6 Å². The summed E-state index contributed by atoms with van der Waals surface area (Å²) in [6, 6.07) is 10.4. The van der Waals surface area contributed by atoms with Crippen molar-refractivity contribution >= 4 is 39.7 Å². The van der Waals surface area contributed by atoms with Gasteiger partial charge in [-0.1, -0.05) is 12.1 Å². The molecule has 0 radical (unpaired) electrons. The Labute approximate surface area is 262 Å². The smallest absolute Gasteiger partial charge is 0.483 e. The van der Waals surface area contributed by atoms with Crippen molar-refractivity contribution in [3.8, 4) is 22.6 Å². The van der Waals surface area contributed by atoms with Crippen molar-refractivity contribution in [1.29, 1.82) is 0 Å². The molecular weight excluding hydrogens is 676 g/mol. The van der Waals surface area contributed by atoms with Crippen molar-refractivity contribution in [3.05, 3.63) is 75.8 Å². The van der Waals surface area contributed by atoms with Gasteiger partial charge in [0.1, 0.15) is 23.8 Å². The number of carbonyl (C=O) groups excluding carboxylic acids is 3. The molecule has 1 unspecified atom stereocenters. The molecule has 240 valence electrons. The molecule has 0 saturated carbocycles. The normalized spacial score (nSPS) is 15.4. The number of anilines is 1. The molecule has 1 heterocycles. The number of hydrogen-bond acceptors (Lipinski definition) is 6. The zero-order valence-corrected chi connectivity index (χ0v) is 25.3. The molecule has 15 heteroatoms. The molecule has 0 bridgehead atoms. The number of halogens is 7. The largest absolute Gasteiger partial charge is 0.573 e. The van der Waals surface area contributed by atoms with Crippen LogP contribution in [0, 0.1) is 6.92 Å². The van der Waals surface area contributed by atoms with Gasteiger partial charge in [0, 0.05) is 32.4 Å². The molecule has 1 aliphatic heterocycles. The number of nitrogens with zero attached hydrogens (tertiary/aromatic N) is 2. The van der Waals surface area contributed by atoms with Crippen molar-refractivity contribution in [1.82, 2.24) is 9.80 Å². The fourth-order valence-electron chi connectivity index (χ4n) is 4.82. The predicted octanol–water partition coefficient (Wildman–Crippen LogP) is 6.31. The highest BCUT2D eigenvalue weighted by molar-refractivity contribution is 9.10. The molecule has 1 aliphatic rings. The van der Waals surface area contributed by atoms with Gasteiger partial charge in [-0.15, -0.1) is 13.2 Å². The van der Waals surface area contributed by atoms with Crippen LogP contribution < -0.4 is 14.8 Å². The van der Waals surface area contributed by atoms with E-state index in [-0.39, 0.29) is 41.0 Å². The number of carbonyl (C=O) groups is 3. The minimum atomic E-state index is -4.88. The summed E-state index contributed by atoms with van der Waals surface area (Å²) < 4.78 is 87.1. The van der Waals surface area contributed by atoms with Crippen LogP contribution >= 0.6 is 15.9 Å². The van der Waals surface area contributed by atoms with Crippen LogP contribution in [0.1, 0.15) is 21.5 Å². The van der Waals surface area contributed by atoms with Gasteiger partial charge in [0.2, 0.25) is 0 Å². The fourth-order valence-corrected chi connectivity index (χ4v) is 5.29. The molecule has 45 heavy (non-hydrogen) atoms. The fraction of sp³-hybridized carbons (Fsp3) is 0.300. The van der Waals surface area contributed by atoms with Crippen LogP contribution in [0.2, 0.25) is 0 Å². The molecular formula is C30H26BrF6N3O5. The topological polar surface area (TPSA) is 88.2 Å². The molecule has 1 fully saturated rings. The van der Waals surface area contributed by atoms with E-state index in [2.05, 4.69) is 26.0 Å². The van der Waals surface area contributed by atoms with Crippen LogP contribution in [0.15, 0.2) is 59.1 Å². The molecule has 8 nitrogen and oxygen atoms in total. The number of nitrogens with one attached hydrogen (secondary N) is 1. The molecule has 3 aromatic rings. The third-order valence-electron chi connectivity index (χ3n) is 6.93. The average Bonchev–Trinajstić information content (AvgIpc) is 2.98. The number of ether oxygens (including phenoxy) is 2. The number of hydrogen-bond donors (Lipinski definition) is 1. The summed E-state index contributed by atoms with van der Waals surface area (Å²) >= 11 is 3.07. The first-order valence-electron chi connectivity index (χ1n) is 13.3. The van der Waals surface area contributed by atoms with Gasteiger partial charge < -0.3 is 29.4 Å². The van der Waals surface area contributed by atoms with Crippen molar-refractivity contribution in [2.45, 2.75) is 25.5 Å². The van der Waals surface area contributed by atoms with Crippen molar-refractivity contribution in [2.75, 3.05) is 38.6 Å². The van der Waals surface area contributed by atoms with Crippen molar-refractivity contribution in [3.63, 3.8) is 0 Å². The highest BCUT2D eigenvalue weighted by atomic mass is 79.9. The first-order chi connectivity index (χ1) is 21.1. The van der Waals surface area contributed by atoms with Crippen LogP contribution in [0.5, 0.6) is 11.5 Å². The van der Waals surface area contributed by atoms with E-state index in [4.69, 9.17) is 4.74 Å². The molecule has 0 aromatic heterocycles. The second-order valence-corrected chi connectivity index (χ2v) is 10.9. The maximum Gasteiger partial charge on any atom is 0.573 e. The van der Waals surface area contributed by atoms with Gasteiger partial charge in [0.25, 0.3) is 11.8 Å². The number of piperazine rings is 1. The molecule has 4 rings (SSSR count). The van der Waals surface area contributed by atoms with Gasteiger partial charge in [-0.05, 0) is 82.0 Å². The molecule has 3 aromatic carbocycles. The van der Waals surface area contributed by atoms with E-state index in [9.17, 15) is 40.7 Å². The van der Waals surface area contributed by atoms with E-state index < -0.39 is 48.3 Å². The van der Waals surface area contributed by atoms with Gasteiger partial charge in [-0.3, -0.25) is 9.59 Å². The highest BCUT2D eigenvalue weighted by Crippen LogP contribution is 2.35. The summed E-state index contributed by atoms with van der Waals surface area (Å²) in [6.07, 6.45) is -8.92. The van der Waals surface area contributed by atoms with E-state index >= 15 is 0 Å². The molecule has 2 amide bonds. The van der Waals surface area contributed by atoms with Crippen molar-refractivity contribution in [2.24, 2.45) is 0 Å². The molecule has 1 atom stereocenters. The Morgan fingerprint density at radius 2 is 1.73 bits per heavy atom. The Morgan fingerprint density at radius 3 is 2.36 bits per heavy atom. The van der Waals surface area contributed by atoms with Gasteiger partial charge in [-0.25, -0.2) is 0 Å². The van der Waals surface area contributed by atoms with Crippen LogP contribution in [0.4, 0.5) is 32.0 Å². The van der Waals surface area contributed by atoms with Crippen molar-refractivity contribution < 1.29 is 50.2 Å². The second-order valence-electron chi connectivity index (χ2n) is 10.1.